The van der Waals surface area contributed by atoms with Crippen molar-refractivity contribution in [3.63, 3.8) is 0 Å². The second-order valence-electron chi connectivity index (χ2n) is 9.25. The molecule has 15 heteroatoms. The summed E-state index contributed by atoms with van der Waals surface area (Å²) >= 11 is 0. The molecule has 41 heavy (non-hydrogen) atoms. The van der Waals surface area contributed by atoms with Crippen LogP contribution in [-0.2, 0) is 21.1 Å². The van der Waals surface area contributed by atoms with E-state index in [0.29, 0.717) is 17.5 Å². The van der Waals surface area contributed by atoms with E-state index in [0.717, 1.165) is 24.3 Å². The van der Waals surface area contributed by atoms with E-state index in [9.17, 15) is 48.3 Å². The summed E-state index contributed by atoms with van der Waals surface area (Å²) in [5.41, 5.74) is -0.244. The van der Waals surface area contributed by atoms with Crippen LogP contribution in [0, 0.1) is 29.1 Å². The molecule has 1 amide bonds. The molecule has 2 aliphatic rings. The second kappa shape index (κ2) is 10.2. The smallest absolute Gasteiger partial charge is 0.416 e. The zero-order valence-electron chi connectivity index (χ0n) is 20.5. The number of hydrogen-bond donors (Lipinski definition) is 0. The molecule has 0 aromatic heterocycles. The third kappa shape index (κ3) is 5.06. The van der Waals surface area contributed by atoms with Crippen LogP contribution in [0.2, 0.25) is 0 Å². The van der Waals surface area contributed by atoms with Crippen LogP contribution in [0.15, 0.2) is 41.3 Å². The summed E-state index contributed by atoms with van der Waals surface area (Å²) in [5, 5.41) is 0. The molecule has 2 aliphatic heterocycles. The highest BCUT2D eigenvalue weighted by Gasteiger charge is 2.36. The van der Waals surface area contributed by atoms with Crippen LogP contribution in [0.4, 0.5) is 40.8 Å². The predicted molar refractivity (Wildman–Crippen MR) is 125 cm³/mol. The Kier molecular flexibility index (Phi) is 7.12. The van der Waals surface area contributed by atoms with E-state index in [2.05, 4.69) is 4.18 Å². The van der Waals surface area contributed by atoms with Crippen LogP contribution in [-0.4, -0.2) is 27.5 Å². The first kappa shape index (κ1) is 28.6. The lowest BCUT2D eigenvalue weighted by Gasteiger charge is -2.30. The average Bonchev–Trinajstić information content (AvgIpc) is 3.37. The molecule has 5 rings (SSSR count). The van der Waals surface area contributed by atoms with Gasteiger partial charge in [-0.05, 0) is 36.6 Å². The highest BCUT2D eigenvalue weighted by Crippen LogP contribution is 2.45. The molecule has 0 unspecified atom stereocenters. The van der Waals surface area contributed by atoms with Gasteiger partial charge in [-0.3, -0.25) is 4.79 Å². The molecular formula is C26H17F8NO5S. The molecule has 218 valence electrons. The van der Waals surface area contributed by atoms with Gasteiger partial charge in [0.2, 0.25) is 40.7 Å². The standard InChI is InChI=1S/C26H17F8NO5S/c27-20-21(28)23(30)25(24(31)22(20)29)40-41(37,38)13-4-6-16-14(7-9-39-18(16)11-13)15-5-3-12(26(32,33)34)10-17(15)35-8-1-2-19(35)36/h3-6,10-11,14H,1-2,7-9H2/t14-/m0/s1. The van der Waals surface area contributed by atoms with E-state index in [1.807, 2.05) is 0 Å². The van der Waals surface area contributed by atoms with Gasteiger partial charge >= 0.3 is 16.3 Å². The summed E-state index contributed by atoms with van der Waals surface area (Å²) in [6.07, 6.45) is -3.84. The molecule has 6 nitrogen and oxygen atoms in total. The Bertz CT molecular complexity index is 1650. The molecule has 0 radical (unpaired) electrons. The molecular weight excluding hydrogens is 590 g/mol. The van der Waals surface area contributed by atoms with Crippen molar-refractivity contribution in [1.82, 2.24) is 0 Å². The van der Waals surface area contributed by atoms with E-state index in [1.165, 1.54) is 17.0 Å². The van der Waals surface area contributed by atoms with E-state index in [4.69, 9.17) is 4.74 Å². The monoisotopic (exact) mass is 607 g/mol. The number of benzene rings is 3. The molecule has 0 N–H and O–H groups in total. The normalized spacial score (nSPS) is 17.4. The zero-order valence-corrected chi connectivity index (χ0v) is 21.3. The molecule has 0 spiro atoms. The lowest BCUT2D eigenvalue weighted by Crippen LogP contribution is -2.27. The first-order valence-electron chi connectivity index (χ1n) is 11.9. The van der Waals surface area contributed by atoms with Gasteiger partial charge in [-0.15, -0.1) is 0 Å². The molecule has 3 aromatic carbocycles. The number of carbonyl (C=O) groups is 1. The number of carbonyl (C=O) groups excluding carboxylic acids is 1. The number of hydrogen-bond acceptors (Lipinski definition) is 5. The van der Waals surface area contributed by atoms with Crippen LogP contribution in [0.3, 0.4) is 0 Å². The molecule has 3 aromatic rings. The van der Waals surface area contributed by atoms with Gasteiger partial charge < -0.3 is 13.8 Å². The van der Waals surface area contributed by atoms with Crippen molar-refractivity contribution in [1.29, 1.82) is 0 Å². The van der Waals surface area contributed by atoms with Gasteiger partial charge in [0.1, 0.15) is 10.6 Å². The summed E-state index contributed by atoms with van der Waals surface area (Å²) in [7, 11) is -5.16. The minimum Gasteiger partial charge on any atom is -0.493 e. The highest BCUT2D eigenvalue weighted by atomic mass is 32.2. The van der Waals surface area contributed by atoms with Crippen molar-refractivity contribution in [2.45, 2.75) is 36.3 Å². The van der Waals surface area contributed by atoms with Gasteiger partial charge in [0.05, 0.1) is 12.2 Å². The Morgan fingerprint density at radius 2 is 1.51 bits per heavy atom. The maximum atomic E-state index is 14.0. The quantitative estimate of drug-likeness (QED) is 0.149. The van der Waals surface area contributed by atoms with Crippen LogP contribution in [0.1, 0.15) is 41.9 Å². The van der Waals surface area contributed by atoms with E-state index >= 15 is 0 Å². The van der Waals surface area contributed by atoms with Crippen LogP contribution in [0.5, 0.6) is 11.5 Å². The molecule has 2 heterocycles. The van der Waals surface area contributed by atoms with Gasteiger partial charge in [-0.2, -0.15) is 30.4 Å². The Morgan fingerprint density at radius 1 is 0.878 bits per heavy atom. The van der Waals surface area contributed by atoms with Crippen molar-refractivity contribution < 1.29 is 57.3 Å². The van der Waals surface area contributed by atoms with E-state index in [1.54, 1.807) is 0 Å². The number of nitrogens with zero attached hydrogens (tertiary/aromatic N) is 1. The topological polar surface area (TPSA) is 72.9 Å². The van der Waals surface area contributed by atoms with E-state index < -0.39 is 67.5 Å². The van der Waals surface area contributed by atoms with Crippen molar-refractivity contribution in [3.8, 4) is 11.5 Å². The maximum absolute atomic E-state index is 14.0. The summed E-state index contributed by atoms with van der Waals surface area (Å²) in [6, 6.07) is 6.03. The Labute approximate surface area is 227 Å². The minimum absolute atomic E-state index is 0.0337. The second-order valence-corrected chi connectivity index (χ2v) is 10.8. The van der Waals surface area contributed by atoms with Crippen LogP contribution < -0.4 is 13.8 Å². The van der Waals surface area contributed by atoms with Gasteiger partial charge in [0.25, 0.3) is 0 Å². The number of rotatable bonds is 5. The largest absolute Gasteiger partial charge is 0.493 e. The number of ether oxygens (including phenoxy) is 1. The van der Waals surface area contributed by atoms with Crippen molar-refractivity contribution in [3.05, 3.63) is 82.2 Å². The summed E-state index contributed by atoms with van der Waals surface area (Å²) in [6.45, 7) is 0.170. The Morgan fingerprint density at radius 3 is 2.12 bits per heavy atom. The van der Waals surface area contributed by atoms with Gasteiger partial charge in [0.15, 0.2) is 0 Å². The summed E-state index contributed by atoms with van der Waals surface area (Å²) in [5.74, 6) is -15.4. The minimum atomic E-state index is -5.16. The third-order valence-corrected chi connectivity index (χ3v) is 7.99. The van der Waals surface area contributed by atoms with E-state index in [-0.39, 0.29) is 43.3 Å². The van der Waals surface area contributed by atoms with Gasteiger partial charge in [0, 0.05) is 36.2 Å². The maximum Gasteiger partial charge on any atom is 0.416 e. The fourth-order valence-electron chi connectivity index (χ4n) is 4.82. The number of fused-ring (bicyclic) bond motifs is 1. The highest BCUT2D eigenvalue weighted by molar-refractivity contribution is 7.87. The molecule has 1 atom stereocenters. The fourth-order valence-corrected chi connectivity index (χ4v) is 5.76. The Balaban J connectivity index is 1.54. The number of halogens is 8. The molecule has 1 fully saturated rings. The Hall–Kier alpha value is -3.88. The van der Waals surface area contributed by atoms with Gasteiger partial charge in [-0.1, -0.05) is 12.1 Å². The average molecular weight is 607 g/mol. The third-order valence-electron chi connectivity index (χ3n) is 6.77. The van der Waals surface area contributed by atoms with Crippen molar-refractivity contribution in [2.24, 2.45) is 0 Å². The SMILES string of the molecule is O=C1CCCN1c1cc(C(F)(F)F)ccc1[C@@H]1CCOc2cc(S(=O)(=O)Oc3c(F)c(F)c(F)c(F)c3F)ccc21. The zero-order chi connectivity index (χ0) is 29.9. The molecule has 0 bridgehead atoms. The van der Waals surface area contributed by atoms with Crippen LogP contribution >= 0.6 is 0 Å². The van der Waals surface area contributed by atoms with Crippen LogP contribution in [0.25, 0.3) is 0 Å². The fraction of sp³-hybridized carbons (Fsp3) is 0.269. The number of alkyl halides is 3. The first-order chi connectivity index (χ1) is 19.2. The van der Waals surface area contributed by atoms with Crippen molar-refractivity contribution in [2.75, 3.05) is 18.1 Å². The lowest BCUT2D eigenvalue weighted by atomic mass is 9.85. The number of amides is 1. The summed E-state index contributed by atoms with van der Waals surface area (Å²) < 4.78 is 144. The van der Waals surface area contributed by atoms with Crippen molar-refractivity contribution >= 4 is 21.7 Å². The number of anilines is 1. The first-order valence-corrected chi connectivity index (χ1v) is 13.4. The molecule has 1 saturated heterocycles. The predicted octanol–water partition coefficient (Wildman–Crippen LogP) is 6.21. The molecule has 0 aliphatic carbocycles. The lowest BCUT2D eigenvalue weighted by molar-refractivity contribution is -0.137. The summed E-state index contributed by atoms with van der Waals surface area (Å²) in [4.78, 5) is 12.9. The molecule has 0 saturated carbocycles. The van der Waals surface area contributed by atoms with Gasteiger partial charge in [-0.25, -0.2) is 13.2 Å².